The predicted octanol–water partition coefficient (Wildman–Crippen LogP) is 0.979. The fraction of sp³-hybridized carbons (Fsp3) is 0.267. The van der Waals surface area contributed by atoms with Crippen LogP contribution < -0.4 is 16.4 Å². The van der Waals surface area contributed by atoms with E-state index < -0.39 is 5.91 Å². The first-order chi connectivity index (χ1) is 10.6. The standard InChI is InChI=1S/C15H17N5O2/c16-14(21)9-20-8-10(7-18-20)19-15(22)12-3-1-5-13-11(12)4-2-6-17-13/h1,3,5,7-8,17H,2,4,6,9H2,(H2,16,21)(H,19,22). The molecule has 2 amide bonds. The molecule has 2 heterocycles. The molecule has 22 heavy (non-hydrogen) atoms. The summed E-state index contributed by atoms with van der Waals surface area (Å²) in [6.07, 6.45) is 4.96. The maximum Gasteiger partial charge on any atom is 0.256 e. The fourth-order valence-electron chi connectivity index (χ4n) is 2.60. The highest BCUT2D eigenvalue weighted by atomic mass is 16.2. The van der Waals surface area contributed by atoms with Gasteiger partial charge in [-0.3, -0.25) is 14.3 Å². The molecule has 7 nitrogen and oxygen atoms in total. The van der Waals surface area contributed by atoms with Gasteiger partial charge in [0, 0.05) is 24.0 Å². The van der Waals surface area contributed by atoms with E-state index in [1.807, 2.05) is 18.2 Å². The van der Waals surface area contributed by atoms with E-state index in [1.165, 1.54) is 10.9 Å². The topological polar surface area (TPSA) is 102 Å². The molecule has 4 N–H and O–H groups in total. The molecule has 0 unspecified atom stereocenters. The Bertz CT molecular complexity index is 722. The van der Waals surface area contributed by atoms with Gasteiger partial charge in [-0.2, -0.15) is 5.10 Å². The number of amides is 2. The minimum atomic E-state index is -0.482. The summed E-state index contributed by atoms with van der Waals surface area (Å²) in [7, 11) is 0. The third-order valence-electron chi connectivity index (χ3n) is 3.55. The van der Waals surface area contributed by atoms with Gasteiger partial charge in [-0.25, -0.2) is 0 Å². The van der Waals surface area contributed by atoms with Gasteiger partial charge in [0.25, 0.3) is 5.91 Å². The summed E-state index contributed by atoms with van der Waals surface area (Å²) in [4.78, 5) is 23.3. The summed E-state index contributed by atoms with van der Waals surface area (Å²) in [5, 5.41) is 10.1. The number of hydrogen-bond acceptors (Lipinski definition) is 4. The van der Waals surface area contributed by atoms with Crippen molar-refractivity contribution < 1.29 is 9.59 Å². The van der Waals surface area contributed by atoms with E-state index in [4.69, 9.17) is 5.73 Å². The number of carbonyl (C=O) groups is 2. The van der Waals surface area contributed by atoms with Crippen LogP contribution in [0.4, 0.5) is 11.4 Å². The molecule has 0 bridgehead atoms. The Morgan fingerprint density at radius 1 is 1.41 bits per heavy atom. The van der Waals surface area contributed by atoms with Crippen molar-refractivity contribution in [1.29, 1.82) is 0 Å². The van der Waals surface area contributed by atoms with Crippen LogP contribution in [0, 0.1) is 0 Å². The van der Waals surface area contributed by atoms with Crippen molar-refractivity contribution in [3.63, 3.8) is 0 Å². The maximum absolute atomic E-state index is 12.4. The molecule has 0 saturated heterocycles. The molecule has 7 heteroatoms. The molecule has 2 aromatic rings. The number of carbonyl (C=O) groups excluding carboxylic acids is 2. The number of nitrogens with zero attached hydrogens (tertiary/aromatic N) is 2. The van der Waals surface area contributed by atoms with Gasteiger partial charge >= 0.3 is 0 Å². The Kier molecular flexibility index (Phi) is 3.78. The number of nitrogens with one attached hydrogen (secondary N) is 2. The molecule has 1 aromatic carbocycles. The number of nitrogens with two attached hydrogens (primary N) is 1. The van der Waals surface area contributed by atoms with Gasteiger partial charge in [-0.05, 0) is 30.5 Å². The molecule has 0 saturated carbocycles. The Labute approximate surface area is 127 Å². The normalized spacial score (nSPS) is 13.1. The van der Waals surface area contributed by atoms with Gasteiger partial charge in [0.15, 0.2) is 0 Å². The number of aromatic nitrogens is 2. The van der Waals surface area contributed by atoms with Crippen molar-refractivity contribution >= 4 is 23.2 Å². The van der Waals surface area contributed by atoms with Gasteiger partial charge in [-0.15, -0.1) is 0 Å². The lowest BCUT2D eigenvalue weighted by molar-refractivity contribution is -0.118. The van der Waals surface area contributed by atoms with Crippen molar-refractivity contribution in [1.82, 2.24) is 9.78 Å². The molecule has 1 aliphatic rings. The summed E-state index contributed by atoms with van der Waals surface area (Å²) in [6, 6.07) is 5.66. The highest BCUT2D eigenvalue weighted by molar-refractivity contribution is 6.06. The molecular weight excluding hydrogens is 282 g/mol. The van der Waals surface area contributed by atoms with E-state index >= 15 is 0 Å². The van der Waals surface area contributed by atoms with Gasteiger partial charge in [0.2, 0.25) is 5.91 Å². The van der Waals surface area contributed by atoms with Crippen molar-refractivity contribution in [2.75, 3.05) is 17.2 Å². The molecule has 0 fully saturated rings. The Morgan fingerprint density at radius 2 is 2.27 bits per heavy atom. The first-order valence-corrected chi connectivity index (χ1v) is 7.11. The lowest BCUT2D eigenvalue weighted by Gasteiger charge is -2.20. The monoisotopic (exact) mass is 299 g/mol. The van der Waals surface area contributed by atoms with Gasteiger partial charge in [0.1, 0.15) is 6.54 Å². The third kappa shape index (κ3) is 2.93. The molecule has 114 valence electrons. The summed E-state index contributed by atoms with van der Waals surface area (Å²) in [5.74, 6) is -0.664. The zero-order valence-corrected chi connectivity index (χ0v) is 12.0. The summed E-state index contributed by atoms with van der Waals surface area (Å²) in [5.41, 5.74) is 8.36. The van der Waals surface area contributed by atoms with Crippen LogP contribution in [0.2, 0.25) is 0 Å². The van der Waals surface area contributed by atoms with Crippen LogP contribution in [0.15, 0.2) is 30.6 Å². The highest BCUT2D eigenvalue weighted by Crippen LogP contribution is 2.25. The lowest BCUT2D eigenvalue weighted by Crippen LogP contribution is -2.19. The van der Waals surface area contributed by atoms with E-state index in [9.17, 15) is 9.59 Å². The lowest BCUT2D eigenvalue weighted by atomic mass is 9.97. The average molecular weight is 299 g/mol. The predicted molar refractivity (Wildman–Crippen MR) is 82.6 cm³/mol. The second-order valence-electron chi connectivity index (χ2n) is 5.21. The van der Waals surface area contributed by atoms with E-state index in [0.29, 0.717) is 11.3 Å². The van der Waals surface area contributed by atoms with Crippen LogP contribution in [0.5, 0.6) is 0 Å². The van der Waals surface area contributed by atoms with Crippen LogP contribution in [0.25, 0.3) is 0 Å². The van der Waals surface area contributed by atoms with E-state index in [0.717, 1.165) is 30.6 Å². The van der Waals surface area contributed by atoms with Crippen molar-refractivity contribution in [2.24, 2.45) is 5.73 Å². The van der Waals surface area contributed by atoms with Crippen molar-refractivity contribution in [2.45, 2.75) is 19.4 Å². The Morgan fingerprint density at radius 3 is 3.09 bits per heavy atom. The number of rotatable bonds is 4. The zero-order chi connectivity index (χ0) is 15.5. The number of anilines is 2. The first kappa shape index (κ1) is 14.1. The Hall–Kier alpha value is -2.83. The molecule has 1 aromatic heterocycles. The van der Waals surface area contributed by atoms with Gasteiger partial charge < -0.3 is 16.4 Å². The third-order valence-corrected chi connectivity index (χ3v) is 3.55. The number of benzene rings is 1. The van der Waals surface area contributed by atoms with Crippen LogP contribution in [-0.2, 0) is 17.8 Å². The molecule has 0 aliphatic carbocycles. The zero-order valence-electron chi connectivity index (χ0n) is 12.0. The highest BCUT2D eigenvalue weighted by Gasteiger charge is 2.17. The molecular formula is C15H17N5O2. The molecule has 3 rings (SSSR count). The summed E-state index contributed by atoms with van der Waals surface area (Å²) in [6.45, 7) is 0.915. The smallest absolute Gasteiger partial charge is 0.256 e. The second-order valence-corrected chi connectivity index (χ2v) is 5.21. The first-order valence-electron chi connectivity index (χ1n) is 7.11. The van der Waals surface area contributed by atoms with Crippen LogP contribution in [0.1, 0.15) is 22.3 Å². The fourth-order valence-corrected chi connectivity index (χ4v) is 2.60. The van der Waals surface area contributed by atoms with E-state index in [-0.39, 0.29) is 12.5 Å². The van der Waals surface area contributed by atoms with Gasteiger partial charge in [-0.1, -0.05) is 6.07 Å². The average Bonchev–Trinajstić information content (AvgIpc) is 2.92. The molecule has 0 spiro atoms. The van der Waals surface area contributed by atoms with Crippen LogP contribution in [0.3, 0.4) is 0 Å². The molecule has 0 atom stereocenters. The number of fused-ring (bicyclic) bond motifs is 1. The van der Waals surface area contributed by atoms with Crippen molar-refractivity contribution in [3.05, 3.63) is 41.7 Å². The largest absolute Gasteiger partial charge is 0.385 e. The number of primary amides is 1. The SMILES string of the molecule is NC(=O)Cn1cc(NC(=O)c2cccc3c2CCCN3)cn1. The van der Waals surface area contributed by atoms with Crippen LogP contribution >= 0.6 is 0 Å². The quantitative estimate of drug-likeness (QED) is 0.783. The van der Waals surface area contributed by atoms with E-state index in [2.05, 4.69) is 15.7 Å². The summed E-state index contributed by atoms with van der Waals surface area (Å²) >= 11 is 0. The van der Waals surface area contributed by atoms with E-state index in [1.54, 1.807) is 6.20 Å². The maximum atomic E-state index is 12.4. The minimum absolute atomic E-state index is 0.0134. The molecule has 0 radical (unpaired) electrons. The van der Waals surface area contributed by atoms with Gasteiger partial charge in [0.05, 0.1) is 11.9 Å². The summed E-state index contributed by atoms with van der Waals surface area (Å²) < 4.78 is 1.39. The van der Waals surface area contributed by atoms with Crippen LogP contribution in [-0.4, -0.2) is 28.1 Å². The Balaban J connectivity index is 1.77. The second kappa shape index (κ2) is 5.88. The molecule has 1 aliphatic heterocycles. The minimum Gasteiger partial charge on any atom is -0.385 e. The number of hydrogen-bond donors (Lipinski definition) is 3. The van der Waals surface area contributed by atoms with Crippen molar-refractivity contribution in [3.8, 4) is 0 Å².